The average molecular weight is 348 g/mol. The van der Waals surface area contributed by atoms with Gasteiger partial charge in [-0.25, -0.2) is 9.55 Å². The molecule has 1 rings (SSSR count). The Hall–Kier alpha value is -0.680. The third-order valence-electron chi connectivity index (χ3n) is 3.05. The van der Waals surface area contributed by atoms with Crippen molar-refractivity contribution in [1.29, 1.82) is 0 Å². The number of hydrogen-bond acceptors (Lipinski definition) is 4. The highest BCUT2D eigenvalue weighted by Gasteiger charge is 2.19. The second-order valence-corrected chi connectivity index (χ2v) is 6.88. The molecule has 0 aromatic carbocycles. The van der Waals surface area contributed by atoms with E-state index in [0.717, 1.165) is 37.9 Å². The zero-order valence-corrected chi connectivity index (χ0v) is 15.9. The van der Waals surface area contributed by atoms with E-state index in [2.05, 4.69) is 16.9 Å². The number of H-pyrrole nitrogens is 1. The van der Waals surface area contributed by atoms with Gasteiger partial charge in [0.15, 0.2) is 0 Å². The van der Waals surface area contributed by atoms with Crippen LogP contribution in [-0.2, 0) is 20.0 Å². The first-order chi connectivity index (χ1) is 10.9. The molecule has 1 aromatic rings. The van der Waals surface area contributed by atoms with E-state index in [1.807, 2.05) is 27.0 Å². The minimum Gasteiger partial charge on any atom is -0.349 e. The monoisotopic (exact) mass is 348 g/mol. The summed E-state index contributed by atoms with van der Waals surface area (Å²) in [6.07, 6.45) is 9.02. The molecule has 0 saturated heterocycles. The number of hydrogen-bond donors (Lipinski definition) is 2. The Morgan fingerprint density at radius 3 is 2.00 bits per heavy atom. The Kier molecular flexibility index (Phi) is 13.3. The molecule has 1 aromatic heterocycles. The van der Waals surface area contributed by atoms with Gasteiger partial charge in [0, 0.05) is 6.20 Å². The summed E-state index contributed by atoms with van der Waals surface area (Å²) in [5.74, 6) is 1.02. The Morgan fingerprint density at radius 1 is 1.09 bits per heavy atom. The summed E-state index contributed by atoms with van der Waals surface area (Å²) < 4.78 is 20.5. The van der Waals surface area contributed by atoms with Crippen molar-refractivity contribution in [2.45, 2.75) is 72.6 Å². The normalized spacial score (nSPS) is 11.2. The number of phosphoric ester groups is 1. The third kappa shape index (κ3) is 13.5. The van der Waals surface area contributed by atoms with Gasteiger partial charge in [-0.2, -0.15) is 0 Å². The molecule has 0 saturated carbocycles. The highest BCUT2D eigenvalue weighted by Crippen LogP contribution is 2.43. The van der Waals surface area contributed by atoms with Gasteiger partial charge in [-0.3, -0.25) is 9.05 Å². The minimum atomic E-state index is -3.75. The zero-order chi connectivity index (χ0) is 17.6. The predicted molar refractivity (Wildman–Crippen MR) is 93.5 cm³/mol. The predicted octanol–water partition coefficient (Wildman–Crippen LogP) is 4.78. The molecule has 0 unspecified atom stereocenters. The van der Waals surface area contributed by atoms with Crippen molar-refractivity contribution in [3.63, 3.8) is 0 Å². The molecule has 0 fully saturated rings. The summed E-state index contributed by atoms with van der Waals surface area (Å²) >= 11 is 0. The molecule has 0 aliphatic carbocycles. The second kappa shape index (κ2) is 13.7. The number of aromatic nitrogens is 2. The smallest absolute Gasteiger partial charge is 0.349 e. The van der Waals surface area contributed by atoms with Crippen molar-refractivity contribution in [2.24, 2.45) is 0 Å². The number of unbranched alkanes of at least 4 members (excludes halogenated alkanes) is 3. The molecule has 6 nitrogen and oxygen atoms in total. The number of aromatic amines is 1. The topological polar surface area (TPSA) is 84.4 Å². The van der Waals surface area contributed by atoms with E-state index in [1.54, 1.807) is 0 Å². The molecule has 1 heterocycles. The molecule has 23 heavy (non-hydrogen) atoms. The molecule has 0 amide bonds. The average Bonchev–Trinajstić information content (AvgIpc) is 2.92. The quantitative estimate of drug-likeness (QED) is 0.444. The van der Waals surface area contributed by atoms with E-state index in [4.69, 9.17) is 13.9 Å². The van der Waals surface area contributed by atoms with Crippen molar-refractivity contribution in [2.75, 3.05) is 13.2 Å². The number of nitrogens with one attached hydrogen (secondary N) is 1. The standard InChI is InChI=1S/C8H14N2.C8H19O4P/c1-3-4-5-8-6-9-7(2)10-8;1-3-5-7-11-13(9,10)12-8-6-4-2/h6H,3-5H2,1-2H3,(H,9,10);3-8H2,1-2H3,(H,9,10). The fourth-order valence-electron chi connectivity index (χ4n) is 1.64. The third-order valence-corrected chi connectivity index (χ3v) is 4.07. The van der Waals surface area contributed by atoms with Crippen molar-refractivity contribution in [3.05, 3.63) is 17.7 Å². The van der Waals surface area contributed by atoms with Crippen LogP contribution in [0.5, 0.6) is 0 Å². The number of aryl methyl sites for hydroxylation is 2. The van der Waals surface area contributed by atoms with Crippen LogP contribution >= 0.6 is 7.82 Å². The van der Waals surface area contributed by atoms with Gasteiger partial charge in [0.2, 0.25) is 0 Å². The van der Waals surface area contributed by atoms with Gasteiger partial charge >= 0.3 is 7.82 Å². The van der Waals surface area contributed by atoms with Gasteiger partial charge in [-0.1, -0.05) is 40.0 Å². The lowest BCUT2D eigenvalue weighted by Crippen LogP contribution is -1.98. The molecule has 0 aliphatic heterocycles. The Morgan fingerprint density at radius 2 is 1.61 bits per heavy atom. The fraction of sp³-hybridized carbons (Fsp3) is 0.812. The molecule has 0 atom stereocenters. The molecule has 0 bridgehead atoms. The lowest BCUT2D eigenvalue weighted by Gasteiger charge is -2.10. The van der Waals surface area contributed by atoms with Crippen LogP contribution in [0, 0.1) is 6.92 Å². The van der Waals surface area contributed by atoms with Crippen LogP contribution in [0.25, 0.3) is 0 Å². The van der Waals surface area contributed by atoms with Crippen LogP contribution in [0.1, 0.15) is 70.8 Å². The van der Waals surface area contributed by atoms with E-state index in [9.17, 15) is 4.57 Å². The Bertz CT molecular complexity index is 423. The minimum absolute atomic E-state index is 0.288. The number of phosphoric acid groups is 1. The molecular weight excluding hydrogens is 315 g/mol. The van der Waals surface area contributed by atoms with Crippen LogP contribution in [0.2, 0.25) is 0 Å². The maximum atomic E-state index is 11.1. The van der Waals surface area contributed by atoms with Gasteiger partial charge in [0.1, 0.15) is 5.82 Å². The van der Waals surface area contributed by atoms with Crippen molar-refractivity contribution in [1.82, 2.24) is 9.97 Å². The highest BCUT2D eigenvalue weighted by atomic mass is 31.2. The number of rotatable bonds is 11. The van der Waals surface area contributed by atoms with Crippen LogP contribution in [-0.4, -0.2) is 28.1 Å². The highest BCUT2D eigenvalue weighted by molar-refractivity contribution is 7.47. The van der Waals surface area contributed by atoms with Gasteiger partial charge in [0.05, 0.1) is 18.9 Å². The Balaban J connectivity index is 0.000000433. The summed E-state index contributed by atoms with van der Waals surface area (Å²) in [4.78, 5) is 16.4. The molecule has 2 N–H and O–H groups in total. The summed E-state index contributed by atoms with van der Waals surface area (Å²) in [6.45, 7) is 8.73. The lowest BCUT2D eigenvalue weighted by atomic mass is 10.2. The van der Waals surface area contributed by atoms with Gasteiger partial charge in [-0.05, 0) is 32.6 Å². The first kappa shape index (κ1) is 22.3. The van der Waals surface area contributed by atoms with Crippen LogP contribution < -0.4 is 0 Å². The van der Waals surface area contributed by atoms with E-state index in [-0.39, 0.29) is 13.2 Å². The second-order valence-electron chi connectivity index (χ2n) is 5.42. The maximum absolute atomic E-state index is 11.1. The summed E-state index contributed by atoms with van der Waals surface area (Å²) in [7, 11) is -3.75. The van der Waals surface area contributed by atoms with Gasteiger partial charge in [-0.15, -0.1) is 0 Å². The molecule has 136 valence electrons. The first-order valence-electron chi connectivity index (χ1n) is 8.57. The number of imidazole rings is 1. The maximum Gasteiger partial charge on any atom is 0.472 e. The molecule has 0 spiro atoms. The SMILES string of the molecule is CCCCOP(=O)(O)OCCCC.CCCCc1c[nH]c(C)n1. The van der Waals surface area contributed by atoms with Crippen molar-refractivity contribution < 1.29 is 18.5 Å². The molecule has 0 aliphatic rings. The largest absolute Gasteiger partial charge is 0.472 e. The lowest BCUT2D eigenvalue weighted by molar-refractivity contribution is 0.146. The van der Waals surface area contributed by atoms with E-state index in [0.29, 0.717) is 0 Å². The van der Waals surface area contributed by atoms with Crippen LogP contribution in [0.15, 0.2) is 6.20 Å². The van der Waals surface area contributed by atoms with Crippen molar-refractivity contribution >= 4 is 7.82 Å². The molecule has 0 radical (unpaired) electrons. The van der Waals surface area contributed by atoms with Crippen LogP contribution in [0.4, 0.5) is 0 Å². The fourth-order valence-corrected chi connectivity index (χ4v) is 2.43. The summed E-state index contributed by atoms with van der Waals surface area (Å²) in [6, 6.07) is 0. The van der Waals surface area contributed by atoms with E-state index < -0.39 is 7.82 Å². The van der Waals surface area contributed by atoms with Gasteiger partial charge in [0.25, 0.3) is 0 Å². The van der Waals surface area contributed by atoms with E-state index >= 15 is 0 Å². The summed E-state index contributed by atoms with van der Waals surface area (Å²) in [5, 5.41) is 0. The first-order valence-corrected chi connectivity index (χ1v) is 10.1. The number of nitrogens with zero attached hydrogens (tertiary/aromatic N) is 1. The Labute approximate surface area is 140 Å². The zero-order valence-electron chi connectivity index (χ0n) is 15.0. The molecular formula is C16H33N2O4P. The van der Waals surface area contributed by atoms with Crippen molar-refractivity contribution in [3.8, 4) is 0 Å². The van der Waals surface area contributed by atoms with Crippen LogP contribution in [0.3, 0.4) is 0 Å². The summed E-state index contributed by atoms with van der Waals surface area (Å²) in [5.41, 5.74) is 1.19. The van der Waals surface area contributed by atoms with E-state index in [1.165, 1.54) is 18.5 Å². The van der Waals surface area contributed by atoms with Gasteiger partial charge < -0.3 is 9.88 Å². The molecule has 7 heteroatoms.